The monoisotopic (exact) mass is 338 g/mol. The third kappa shape index (κ3) is 3.24. The fourth-order valence-electron chi connectivity index (χ4n) is 2.72. The largest absolute Gasteiger partial charge is 0.504 e. The molecule has 3 rings (SSSR count). The van der Waals surface area contributed by atoms with Gasteiger partial charge in [-0.1, -0.05) is 6.07 Å². The van der Waals surface area contributed by atoms with Crippen LogP contribution in [0.1, 0.15) is 29.8 Å². The minimum atomic E-state index is -0.592. The summed E-state index contributed by atoms with van der Waals surface area (Å²) < 4.78 is 10.6. The predicted octanol–water partition coefficient (Wildman–Crippen LogP) is 3.48. The molecule has 0 aliphatic rings. The van der Waals surface area contributed by atoms with Crippen LogP contribution in [0.3, 0.4) is 0 Å². The SMILES string of the molecule is COc1ccc(-c2nc(C(C(C)=O)c3ncccc3C)co2)cc1O. The first kappa shape index (κ1) is 16.7. The van der Waals surface area contributed by atoms with Crippen LogP contribution in [0, 0.1) is 6.92 Å². The number of carbonyl (C=O) groups excluding carboxylic acids is 1. The van der Waals surface area contributed by atoms with Crippen molar-refractivity contribution in [2.75, 3.05) is 7.11 Å². The summed E-state index contributed by atoms with van der Waals surface area (Å²) in [6, 6.07) is 8.58. The van der Waals surface area contributed by atoms with Gasteiger partial charge in [-0.3, -0.25) is 9.78 Å². The summed E-state index contributed by atoms with van der Waals surface area (Å²) in [5.74, 6) is 0.00208. The van der Waals surface area contributed by atoms with Crippen LogP contribution in [-0.2, 0) is 4.79 Å². The number of phenolic OH excluding ortho intramolecular Hbond substituents is 1. The molecule has 0 bridgehead atoms. The molecule has 2 aromatic heterocycles. The lowest BCUT2D eigenvalue weighted by Gasteiger charge is -2.12. The highest BCUT2D eigenvalue weighted by Crippen LogP contribution is 2.33. The van der Waals surface area contributed by atoms with E-state index in [0.29, 0.717) is 28.6 Å². The van der Waals surface area contributed by atoms with Crippen LogP contribution in [0.4, 0.5) is 0 Å². The van der Waals surface area contributed by atoms with Crippen LogP contribution < -0.4 is 4.74 Å². The molecule has 0 saturated carbocycles. The van der Waals surface area contributed by atoms with Crippen LogP contribution in [0.2, 0.25) is 0 Å². The lowest BCUT2D eigenvalue weighted by Crippen LogP contribution is -2.14. The topological polar surface area (TPSA) is 85.5 Å². The molecule has 3 aromatic rings. The molecule has 6 heteroatoms. The fourth-order valence-corrected chi connectivity index (χ4v) is 2.72. The highest BCUT2D eigenvalue weighted by Gasteiger charge is 2.26. The second-order valence-corrected chi connectivity index (χ2v) is 5.71. The number of ketones is 1. The van der Waals surface area contributed by atoms with E-state index < -0.39 is 5.92 Å². The van der Waals surface area contributed by atoms with Crippen molar-refractivity contribution < 1.29 is 19.1 Å². The van der Waals surface area contributed by atoms with Crippen molar-refractivity contribution in [2.24, 2.45) is 0 Å². The molecule has 0 saturated heterocycles. The quantitative estimate of drug-likeness (QED) is 0.766. The minimum absolute atomic E-state index is 0.0107. The van der Waals surface area contributed by atoms with Crippen molar-refractivity contribution in [2.45, 2.75) is 19.8 Å². The number of rotatable bonds is 5. The van der Waals surface area contributed by atoms with E-state index in [9.17, 15) is 9.90 Å². The third-order valence-corrected chi connectivity index (χ3v) is 3.97. The normalized spacial score (nSPS) is 12.0. The van der Waals surface area contributed by atoms with E-state index in [1.165, 1.54) is 26.4 Å². The Morgan fingerprint density at radius 3 is 2.76 bits per heavy atom. The average Bonchev–Trinajstić information content (AvgIpc) is 3.06. The molecular weight excluding hydrogens is 320 g/mol. The maximum Gasteiger partial charge on any atom is 0.226 e. The van der Waals surface area contributed by atoms with Gasteiger partial charge in [-0.2, -0.15) is 0 Å². The number of Topliss-reactive ketones (excluding diaryl/α,β-unsaturated/α-hetero) is 1. The van der Waals surface area contributed by atoms with E-state index in [4.69, 9.17) is 9.15 Å². The lowest BCUT2D eigenvalue weighted by atomic mass is 9.94. The van der Waals surface area contributed by atoms with Crippen LogP contribution in [0.5, 0.6) is 11.5 Å². The third-order valence-electron chi connectivity index (χ3n) is 3.97. The number of hydrogen-bond acceptors (Lipinski definition) is 6. The summed E-state index contributed by atoms with van der Waals surface area (Å²) in [7, 11) is 1.48. The van der Waals surface area contributed by atoms with Crippen molar-refractivity contribution in [3.8, 4) is 23.0 Å². The highest BCUT2D eigenvalue weighted by molar-refractivity contribution is 5.86. The first-order valence-electron chi connectivity index (χ1n) is 7.76. The Bertz CT molecular complexity index is 917. The number of hydrogen-bond donors (Lipinski definition) is 1. The first-order valence-corrected chi connectivity index (χ1v) is 7.76. The smallest absolute Gasteiger partial charge is 0.226 e. The van der Waals surface area contributed by atoms with Crippen LogP contribution in [-0.4, -0.2) is 28.0 Å². The fraction of sp³-hybridized carbons (Fsp3) is 0.211. The van der Waals surface area contributed by atoms with Gasteiger partial charge in [-0.05, 0) is 43.7 Å². The standard InChI is InChI=1S/C19H18N2O4/c1-11-5-4-8-20-18(11)17(12(2)22)14-10-25-19(21-14)13-6-7-16(24-3)15(23)9-13/h4-10,17,23H,1-3H3. The first-order chi connectivity index (χ1) is 12.0. The van der Waals surface area contributed by atoms with Crippen molar-refractivity contribution in [1.82, 2.24) is 9.97 Å². The number of nitrogens with zero attached hydrogens (tertiary/aromatic N) is 2. The van der Waals surface area contributed by atoms with E-state index in [1.807, 2.05) is 19.1 Å². The maximum atomic E-state index is 12.2. The van der Waals surface area contributed by atoms with Gasteiger partial charge in [0.15, 0.2) is 11.5 Å². The number of aryl methyl sites for hydroxylation is 1. The molecule has 0 fully saturated rings. The Kier molecular flexibility index (Phi) is 4.52. The van der Waals surface area contributed by atoms with E-state index in [-0.39, 0.29) is 11.5 Å². The number of carbonyl (C=O) groups is 1. The zero-order chi connectivity index (χ0) is 18.0. The number of ether oxygens (including phenoxy) is 1. The van der Waals surface area contributed by atoms with Gasteiger partial charge < -0.3 is 14.3 Å². The van der Waals surface area contributed by atoms with Crippen molar-refractivity contribution in [3.05, 3.63) is 59.7 Å². The molecule has 0 spiro atoms. The number of pyridine rings is 1. The summed E-state index contributed by atoms with van der Waals surface area (Å²) in [4.78, 5) is 21.0. The Hall–Kier alpha value is -3.15. The molecule has 6 nitrogen and oxygen atoms in total. The molecule has 0 radical (unpaired) electrons. The van der Waals surface area contributed by atoms with Gasteiger partial charge >= 0.3 is 0 Å². The highest BCUT2D eigenvalue weighted by atomic mass is 16.5. The maximum absolute atomic E-state index is 12.2. The van der Waals surface area contributed by atoms with Gasteiger partial charge in [0, 0.05) is 11.8 Å². The van der Waals surface area contributed by atoms with Gasteiger partial charge in [0.2, 0.25) is 5.89 Å². The second-order valence-electron chi connectivity index (χ2n) is 5.71. The molecule has 0 aliphatic heterocycles. The molecule has 25 heavy (non-hydrogen) atoms. The zero-order valence-electron chi connectivity index (χ0n) is 14.2. The number of oxazole rings is 1. The summed E-state index contributed by atoms with van der Waals surface area (Å²) in [6.45, 7) is 3.41. The van der Waals surface area contributed by atoms with E-state index in [1.54, 1.807) is 18.3 Å². The van der Waals surface area contributed by atoms with Gasteiger partial charge in [-0.25, -0.2) is 4.98 Å². The molecule has 1 unspecified atom stereocenters. The van der Waals surface area contributed by atoms with Crippen molar-refractivity contribution in [1.29, 1.82) is 0 Å². The molecular formula is C19H18N2O4. The molecule has 1 aromatic carbocycles. The van der Waals surface area contributed by atoms with Gasteiger partial charge in [0.1, 0.15) is 18.0 Å². The second kappa shape index (κ2) is 6.76. The van der Waals surface area contributed by atoms with Crippen LogP contribution in [0.25, 0.3) is 11.5 Å². The Labute approximate surface area is 145 Å². The molecule has 0 aliphatic carbocycles. The van der Waals surface area contributed by atoms with Gasteiger partial charge in [-0.15, -0.1) is 0 Å². The lowest BCUT2D eigenvalue weighted by molar-refractivity contribution is -0.117. The Morgan fingerprint density at radius 2 is 2.12 bits per heavy atom. The van der Waals surface area contributed by atoms with E-state index in [0.717, 1.165) is 5.56 Å². The molecule has 1 N–H and O–H groups in total. The number of benzene rings is 1. The molecule has 1 atom stereocenters. The summed E-state index contributed by atoms with van der Waals surface area (Å²) in [5.41, 5.74) is 2.64. The number of aromatic nitrogens is 2. The number of methoxy groups -OCH3 is 1. The van der Waals surface area contributed by atoms with Gasteiger partial charge in [0.25, 0.3) is 0 Å². The van der Waals surface area contributed by atoms with E-state index in [2.05, 4.69) is 9.97 Å². The minimum Gasteiger partial charge on any atom is -0.504 e. The average molecular weight is 338 g/mol. The molecule has 128 valence electrons. The summed E-state index contributed by atoms with van der Waals surface area (Å²) in [6.07, 6.45) is 3.11. The Balaban J connectivity index is 2.00. The van der Waals surface area contributed by atoms with Crippen molar-refractivity contribution >= 4 is 5.78 Å². The zero-order valence-corrected chi connectivity index (χ0v) is 14.2. The predicted molar refractivity (Wildman–Crippen MR) is 91.7 cm³/mol. The number of aromatic hydroxyl groups is 1. The molecule has 2 heterocycles. The van der Waals surface area contributed by atoms with Gasteiger partial charge in [0.05, 0.1) is 18.5 Å². The summed E-state index contributed by atoms with van der Waals surface area (Å²) in [5, 5.41) is 9.91. The molecule has 0 amide bonds. The van der Waals surface area contributed by atoms with Crippen molar-refractivity contribution in [3.63, 3.8) is 0 Å². The number of phenols is 1. The van der Waals surface area contributed by atoms with E-state index >= 15 is 0 Å². The Morgan fingerprint density at radius 1 is 1.32 bits per heavy atom. The van der Waals surface area contributed by atoms with Crippen LogP contribution >= 0.6 is 0 Å². The summed E-state index contributed by atoms with van der Waals surface area (Å²) >= 11 is 0. The van der Waals surface area contributed by atoms with Crippen LogP contribution in [0.15, 0.2) is 47.2 Å².